The molecule has 22 heavy (non-hydrogen) atoms. The second-order valence-electron chi connectivity index (χ2n) is 6.12. The molecule has 1 aliphatic rings. The highest BCUT2D eigenvalue weighted by molar-refractivity contribution is 9.10. The maximum atomic E-state index is 12.2. The zero-order valence-corrected chi connectivity index (χ0v) is 15.1. The Balaban J connectivity index is 1.76. The number of rotatable bonds is 6. The molecule has 0 spiro atoms. The number of hydrogen-bond donors (Lipinski definition) is 2. The molecule has 0 unspecified atom stereocenters. The maximum absolute atomic E-state index is 12.2. The predicted molar refractivity (Wildman–Crippen MR) is 95.2 cm³/mol. The van der Waals surface area contributed by atoms with Gasteiger partial charge in [-0.15, -0.1) is 0 Å². The number of piperidine rings is 1. The van der Waals surface area contributed by atoms with Crippen LogP contribution in [0.3, 0.4) is 0 Å². The van der Waals surface area contributed by atoms with Gasteiger partial charge in [-0.1, -0.05) is 15.9 Å². The topological polar surface area (TPSA) is 44.4 Å². The zero-order chi connectivity index (χ0) is 15.9. The van der Waals surface area contributed by atoms with E-state index in [1.165, 1.54) is 19.3 Å². The van der Waals surface area contributed by atoms with Gasteiger partial charge in [0.15, 0.2) is 0 Å². The fourth-order valence-electron chi connectivity index (χ4n) is 2.94. The van der Waals surface area contributed by atoms with Gasteiger partial charge < -0.3 is 10.6 Å². The average Bonchev–Trinajstić information content (AvgIpc) is 2.49. The Labute approximate surface area is 141 Å². The summed E-state index contributed by atoms with van der Waals surface area (Å²) in [6, 6.07) is 5.92. The summed E-state index contributed by atoms with van der Waals surface area (Å²) >= 11 is 3.44. The van der Waals surface area contributed by atoms with Crippen LogP contribution in [0.25, 0.3) is 0 Å². The second kappa shape index (κ2) is 8.65. The van der Waals surface area contributed by atoms with Crippen LogP contribution in [0.4, 0.5) is 5.69 Å². The van der Waals surface area contributed by atoms with E-state index in [4.69, 9.17) is 0 Å². The maximum Gasteiger partial charge on any atom is 0.238 e. The first-order chi connectivity index (χ1) is 10.6. The third-order valence-electron chi connectivity index (χ3n) is 4.34. The van der Waals surface area contributed by atoms with E-state index in [1.807, 2.05) is 32.2 Å². The summed E-state index contributed by atoms with van der Waals surface area (Å²) in [6.45, 7) is 5.65. The van der Waals surface area contributed by atoms with E-state index in [2.05, 4.69) is 31.5 Å². The van der Waals surface area contributed by atoms with E-state index >= 15 is 0 Å². The number of hydrogen-bond acceptors (Lipinski definition) is 3. The number of carbonyl (C=O) groups excluding carboxylic acids is 1. The molecule has 1 amide bonds. The van der Waals surface area contributed by atoms with Gasteiger partial charge >= 0.3 is 0 Å². The molecule has 1 aromatic carbocycles. The van der Waals surface area contributed by atoms with Crippen molar-refractivity contribution in [2.24, 2.45) is 5.92 Å². The zero-order valence-electron chi connectivity index (χ0n) is 13.5. The summed E-state index contributed by atoms with van der Waals surface area (Å²) in [5.74, 6) is 0.888. The first-order valence-corrected chi connectivity index (χ1v) is 8.80. The van der Waals surface area contributed by atoms with Gasteiger partial charge in [-0.3, -0.25) is 9.69 Å². The molecule has 0 atom stereocenters. The Kier molecular flexibility index (Phi) is 6.86. The number of halogens is 1. The first kappa shape index (κ1) is 17.4. The minimum atomic E-state index is 0.0825. The fourth-order valence-corrected chi connectivity index (χ4v) is 3.42. The Morgan fingerprint density at radius 2 is 2.09 bits per heavy atom. The summed E-state index contributed by atoms with van der Waals surface area (Å²) < 4.78 is 1.03. The lowest BCUT2D eigenvalue weighted by atomic mass is 9.93. The van der Waals surface area contributed by atoms with E-state index in [9.17, 15) is 4.79 Å². The molecule has 4 nitrogen and oxygen atoms in total. The normalized spacial score (nSPS) is 16.7. The van der Waals surface area contributed by atoms with Crippen molar-refractivity contribution < 1.29 is 4.79 Å². The number of aryl methyl sites for hydroxylation is 1. The van der Waals surface area contributed by atoms with Gasteiger partial charge in [0.25, 0.3) is 0 Å². The summed E-state index contributed by atoms with van der Waals surface area (Å²) in [7, 11) is 2.00. The monoisotopic (exact) mass is 367 g/mol. The summed E-state index contributed by atoms with van der Waals surface area (Å²) in [5, 5.41) is 6.23. The minimum absolute atomic E-state index is 0.0825. The molecule has 2 N–H and O–H groups in total. The molecule has 0 aromatic heterocycles. The van der Waals surface area contributed by atoms with Crippen LogP contribution in [-0.2, 0) is 4.79 Å². The Morgan fingerprint density at radius 3 is 2.73 bits per heavy atom. The van der Waals surface area contributed by atoms with E-state index in [0.717, 1.165) is 41.3 Å². The van der Waals surface area contributed by atoms with Crippen LogP contribution in [0.5, 0.6) is 0 Å². The molecule has 1 fully saturated rings. The van der Waals surface area contributed by atoms with Crippen LogP contribution in [0.1, 0.15) is 24.8 Å². The number of amides is 1. The molecular weight excluding hydrogens is 342 g/mol. The molecule has 1 heterocycles. The van der Waals surface area contributed by atoms with Gasteiger partial charge in [0, 0.05) is 10.2 Å². The summed E-state index contributed by atoms with van der Waals surface area (Å²) in [4.78, 5) is 14.5. The van der Waals surface area contributed by atoms with E-state index in [0.29, 0.717) is 6.54 Å². The van der Waals surface area contributed by atoms with Crippen LogP contribution >= 0.6 is 15.9 Å². The van der Waals surface area contributed by atoms with Gasteiger partial charge in [0.2, 0.25) is 5.91 Å². The van der Waals surface area contributed by atoms with Crippen molar-refractivity contribution in [3.8, 4) is 0 Å². The fraction of sp³-hybridized carbons (Fsp3) is 0.588. The SMILES string of the molecule is CNCCC1CCN(CC(=O)Nc2ccc(Br)cc2C)CC1. The van der Waals surface area contributed by atoms with Gasteiger partial charge in [-0.25, -0.2) is 0 Å². The third-order valence-corrected chi connectivity index (χ3v) is 4.83. The van der Waals surface area contributed by atoms with Crippen molar-refractivity contribution in [2.45, 2.75) is 26.2 Å². The van der Waals surface area contributed by atoms with Crippen LogP contribution in [0.15, 0.2) is 22.7 Å². The first-order valence-electron chi connectivity index (χ1n) is 8.01. The quantitative estimate of drug-likeness (QED) is 0.811. The lowest BCUT2D eigenvalue weighted by molar-refractivity contribution is -0.117. The van der Waals surface area contributed by atoms with E-state index in [-0.39, 0.29) is 5.91 Å². The predicted octanol–water partition coefficient (Wildman–Crippen LogP) is 3.02. The molecule has 122 valence electrons. The van der Waals surface area contributed by atoms with Gasteiger partial charge in [0.05, 0.1) is 6.54 Å². The number of anilines is 1. The number of nitrogens with zero attached hydrogens (tertiary/aromatic N) is 1. The minimum Gasteiger partial charge on any atom is -0.325 e. The van der Waals surface area contributed by atoms with Crippen LogP contribution in [-0.4, -0.2) is 44.0 Å². The molecule has 0 radical (unpaired) electrons. The molecule has 2 rings (SSSR count). The van der Waals surface area contributed by atoms with Gasteiger partial charge in [-0.2, -0.15) is 0 Å². The highest BCUT2D eigenvalue weighted by Crippen LogP contribution is 2.21. The molecule has 0 bridgehead atoms. The Bertz CT molecular complexity index is 499. The molecule has 1 aliphatic heterocycles. The number of nitrogens with one attached hydrogen (secondary N) is 2. The van der Waals surface area contributed by atoms with Crippen LogP contribution < -0.4 is 10.6 Å². The van der Waals surface area contributed by atoms with Crippen molar-refractivity contribution in [3.05, 3.63) is 28.2 Å². The Hall–Kier alpha value is -0.910. The lowest BCUT2D eigenvalue weighted by Gasteiger charge is -2.31. The molecule has 0 saturated carbocycles. The van der Waals surface area contributed by atoms with Crippen molar-refractivity contribution in [3.63, 3.8) is 0 Å². The van der Waals surface area contributed by atoms with E-state index in [1.54, 1.807) is 0 Å². The number of benzene rings is 1. The third kappa shape index (κ3) is 5.38. The average molecular weight is 368 g/mol. The van der Waals surface area contributed by atoms with Crippen molar-refractivity contribution in [2.75, 3.05) is 38.5 Å². The van der Waals surface area contributed by atoms with E-state index < -0.39 is 0 Å². The molecule has 5 heteroatoms. The molecule has 1 aromatic rings. The number of carbonyl (C=O) groups is 1. The second-order valence-corrected chi connectivity index (χ2v) is 7.03. The molecule has 0 aliphatic carbocycles. The van der Waals surface area contributed by atoms with Crippen LogP contribution in [0.2, 0.25) is 0 Å². The van der Waals surface area contributed by atoms with Crippen molar-refractivity contribution in [1.29, 1.82) is 0 Å². The molecular formula is C17H26BrN3O. The van der Waals surface area contributed by atoms with Crippen LogP contribution in [0, 0.1) is 12.8 Å². The standard InChI is InChI=1S/C17H26BrN3O/c1-13-11-15(18)3-4-16(13)20-17(22)12-21-9-6-14(7-10-21)5-8-19-2/h3-4,11,14,19H,5-10,12H2,1-2H3,(H,20,22). The molecule has 1 saturated heterocycles. The smallest absolute Gasteiger partial charge is 0.238 e. The lowest BCUT2D eigenvalue weighted by Crippen LogP contribution is -2.39. The van der Waals surface area contributed by atoms with Gasteiger partial charge in [0.1, 0.15) is 0 Å². The van der Waals surface area contributed by atoms with Crippen molar-refractivity contribution in [1.82, 2.24) is 10.2 Å². The largest absolute Gasteiger partial charge is 0.325 e. The highest BCUT2D eigenvalue weighted by atomic mass is 79.9. The Morgan fingerprint density at radius 1 is 1.36 bits per heavy atom. The van der Waals surface area contributed by atoms with Gasteiger partial charge in [-0.05, 0) is 82.5 Å². The number of likely N-dealkylation sites (tertiary alicyclic amines) is 1. The van der Waals surface area contributed by atoms with Crippen molar-refractivity contribution >= 4 is 27.5 Å². The highest BCUT2D eigenvalue weighted by Gasteiger charge is 2.20. The summed E-state index contributed by atoms with van der Waals surface area (Å²) in [5.41, 5.74) is 1.98. The summed E-state index contributed by atoms with van der Waals surface area (Å²) in [6.07, 6.45) is 3.65.